The van der Waals surface area contributed by atoms with Crippen LogP contribution in [-0.4, -0.2) is 36.8 Å². The van der Waals surface area contributed by atoms with Gasteiger partial charge in [-0.05, 0) is 99.1 Å². The van der Waals surface area contributed by atoms with Crippen LogP contribution in [-0.2, 0) is 15.8 Å². The number of rotatable bonds is 8. The summed E-state index contributed by atoms with van der Waals surface area (Å²) in [7, 11) is 1.51. The van der Waals surface area contributed by atoms with E-state index < -0.39 is 23.5 Å². The van der Waals surface area contributed by atoms with Crippen LogP contribution in [0.15, 0.2) is 53.2 Å². The maximum Gasteiger partial charge on any atom is 0.419 e. The quantitative estimate of drug-likeness (QED) is 0.248. The zero-order chi connectivity index (χ0) is 31.5. The standard InChI is InChI=1S/C34H35F4N3O4/c1-44-28-12-7-18(31-22-3-2-4-29(22)45-41-31)14-25(28)33(43)40-32-21-10-9-20(23(21)13-17-5-6-17)24(32)16-30(42)39-19-8-11-27(35)26(15-19)34(36,37)38/h7-8,11-15,17,20-22,24,29,32H,2-6,9-10,16H2,1H3,(H,39,42)(H,40,43)/b23-13-/t20-,21+,22?,24-,29?,32-/m0/s1. The highest BCUT2D eigenvalue weighted by atomic mass is 19.4. The number of alkyl halides is 3. The minimum atomic E-state index is -4.89. The first-order chi connectivity index (χ1) is 21.6. The predicted molar refractivity (Wildman–Crippen MR) is 158 cm³/mol. The van der Waals surface area contributed by atoms with Crippen molar-refractivity contribution in [3.05, 3.63) is 70.6 Å². The SMILES string of the molecule is COc1ccc(C2=NOC3CCCC23)cc1C(=O)N[C@@H]1[C@@H](CC(=O)Nc2ccc(F)c(C(F)(F)F)c2)[C@H]2CC[C@@H]1/C2=C\C1CC1. The third-order valence-corrected chi connectivity index (χ3v) is 10.2. The number of ether oxygens (including phenoxy) is 1. The van der Waals surface area contributed by atoms with Gasteiger partial charge in [0, 0.05) is 35.5 Å². The molecule has 2 aromatic carbocycles. The number of oxime groups is 1. The highest BCUT2D eigenvalue weighted by molar-refractivity contribution is 6.06. The van der Waals surface area contributed by atoms with Gasteiger partial charge in [0.15, 0.2) is 0 Å². The topological polar surface area (TPSA) is 89.0 Å². The Morgan fingerprint density at radius 1 is 1.02 bits per heavy atom. The predicted octanol–water partition coefficient (Wildman–Crippen LogP) is 6.88. The molecule has 0 saturated heterocycles. The fourth-order valence-corrected chi connectivity index (χ4v) is 7.97. The molecule has 0 aromatic heterocycles. The maximum absolute atomic E-state index is 14.0. The largest absolute Gasteiger partial charge is 0.496 e. The Bertz CT molecular complexity index is 1580. The van der Waals surface area contributed by atoms with Crippen LogP contribution in [0.2, 0.25) is 0 Å². The monoisotopic (exact) mass is 625 g/mol. The number of hydrogen-bond acceptors (Lipinski definition) is 5. The minimum absolute atomic E-state index is 0.00123. The van der Waals surface area contributed by atoms with Crippen molar-refractivity contribution in [2.45, 2.75) is 69.7 Å². The van der Waals surface area contributed by atoms with Crippen molar-refractivity contribution < 1.29 is 36.7 Å². The summed E-state index contributed by atoms with van der Waals surface area (Å²) in [5.74, 6) is -1.17. The van der Waals surface area contributed by atoms with Crippen molar-refractivity contribution in [1.82, 2.24) is 5.32 Å². The Morgan fingerprint density at radius 3 is 2.58 bits per heavy atom. The molecule has 238 valence electrons. The van der Waals surface area contributed by atoms with Gasteiger partial charge in [0.05, 0.1) is 23.9 Å². The van der Waals surface area contributed by atoms with Gasteiger partial charge in [0.2, 0.25) is 5.91 Å². The van der Waals surface area contributed by atoms with Gasteiger partial charge in [0.1, 0.15) is 17.7 Å². The van der Waals surface area contributed by atoms with E-state index in [4.69, 9.17) is 9.57 Å². The molecule has 4 fully saturated rings. The molecule has 4 aliphatic carbocycles. The maximum atomic E-state index is 14.0. The van der Waals surface area contributed by atoms with E-state index in [1.807, 2.05) is 6.07 Å². The van der Waals surface area contributed by atoms with Crippen LogP contribution < -0.4 is 15.4 Å². The molecule has 0 spiro atoms. The Morgan fingerprint density at radius 2 is 1.82 bits per heavy atom. The molecule has 0 radical (unpaired) electrons. The van der Waals surface area contributed by atoms with Gasteiger partial charge in [-0.1, -0.05) is 16.8 Å². The molecule has 45 heavy (non-hydrogen) atoms. The lowest BCUT2D eigenvalue weighted by atomic mass is 9.81. The molecular formula is C34H35F4N3O4. The normalized spacial score (nSPS) is 29.4. The number of halogens is 4. The Labute approximate surface area is 258 Å². The van der Waals surface area contributed by atoms with Gasteiger partial charge in [-0.25, -0.2) is 4.39 Å². The third-order valence-electron chi connectivity index (χ3n) is 10.2. The summed E-state index contributed by atoms with van der Waals surface area (Å²) >= 11 is 0. The van der Waals surface area contributed by atoms with Crippen molar-refractivity contribution in [2.24, 2.45) is 34.7 Å². The van der Waals surface area contributed by atoms with Crippen molar-refractivity contribution in [3.8, 4) is 5.75 Å². The van der Waals surface area contributed by atoms with E-state index in [0.29, 0.717) is 29.4 Å². The summed E-state index contributed by atoms with van der Waals surface area (Å²) in [5, 5.41) is 10.1. The number of methoxy groups -OCH3 is 1. The number of carbonyl (C=O) groups is 2. The molecule has 7 rings (SSSR count). The van der Waals surface area contributed by atoms with Crippen molar-refractivity contribution >= 4 is 23.2 Å². The molecule has 2 unspecified atom stereocenters. The molecule has 4 saturated carbocycles. The van der Waals surface area contributed by atoms with Crippen LogP contribution in [0.5, 0.6) is 5.75 Å². The van der Waals surface area contributed by atoms with Crippen LogP contribution >= 0.6 is 0 Å². The number of hydrogen-bond donors (Lipinski definition) is 2. The summed E-state index contributed by atoms with van der Waals surface area (Å²) in [6, 6.07) is 7.53. The lowest BCUT2D eigenvalue weighted by Crippen LogP contribution is -2.45. The van der Waals surface area contributed by atoms with Crippen molar-refractivity contribution in [2.75, 3.05) is 12.4 Å². The summed E-state index contributed by atoms with van der Waals surface area (Å²) in [4.78, 5) is 32.9. The summed E-state index contributed by atoms with van der Waals surface area (Å²) in [6.45, 7) is 0. The van der Waals surface area contributed by atoms with Gasteiger partial charge in [-0.3, -0.25) is 9.59 Å². The molecule has 2 amide bonds. The molecule has 5 aliphatic rings. The second-order valence-electron chi connectivity index (χ2n) is 13.0. The number of fused-ring (bicyclic) bond motifs is 3. The van der Waals surface area contributed by atoms with Crippen LogP contribution in [0, 0.1) is 35.4 Å². The highest BCUT2D eigenvalue weighted by Gasteiger charge is 2.52. The molecule has 2 aromatic rings. The van der Waals surface area contributed by atoms with Crippen molar-refractivity contribution in [3.63, 3.8) is 0 Å². The molecule has 1 heterocycles. The van der Waals surface area contributed by atoms with Gasteiger partial charge in [-0.2, -0.15) is 13.2 Å². The van der Waals surface area contributed by atoms with Crippen molar-refractivity contribution in [1.29, 1.82) is 0 Å². The first-order valence-corrected chi connectivity index (χ1v) is 15.7. The van der Waals surface area contributed by atoms with E-state index in [1.54, 1.807) is 12.1 Å². The lowest BCUT2D eigenvalue weighted by Gasteiger charge is -2.31. The van der Waals surface area contributed by atoms with Gasteiger partial charge >= 0.3 is 6.18 Å². The number of carbonyl (C=O) groups excluding carboxylic acids is 2. The van der Waals surface area contributed by atoms with Gasteiger partial charge < -0.3 is 20.2 Å². The smallest absolute Gasteiger partial charge is 0.419 e. The van der Waals surface area contributed by atoms with Crippen LogP contribution in [0.1, 0.15) is 72.9 Å². The summed E-state index contributed by atoms with van der Waals surface area (Å²) < 4.78 is 59.2. The second kappa shape index (κ2) is 11.5. The van der Waals surface area contributed by atoms with Crippen LogP contribution in [0.3, 0.4) is 0 Å². The van der Waals surface area contributed by atoms with E-state index in [0.717, 1.165) is 62.3 Å². The van der Waals surface area contributed by atoms with Crippen LogP contribution in [0.4, 0.5) is 23.2 Å². The molecule has 2 N–H and O–H groups in total. The van der Waals surface area contributed by atoms with E-state index in [2.05, 4.69) is 21.9 Å². The van der Waals surface area contributed by atoms with E-state index in [1.165, 1.54) is 12.7 Å². The fourth-order valence-electron chi connectivity index (χ4n) is 7.97. The average Bonchev–Trinajstić information content (AvgIpc) is 3.27. The molecule has 11 heteroatoms. The number of allylic oxidation sites excluding steroid dienone is 1. The molecule has 6 atom stereocenters. The van der Waals surface area contributed by atoms with E-state index in [9.17, 15) is 27.2 Å². The number of nitrogens with zero attached hydrogens (tertiary/aromatic N) is 1. The minimum Gasteiger partial charge on any atom is -0.496 e. The molecule has 1 aliphatic heterocycles. The van der Waals surface area contributed by atoms with Gasteiger partial charge in [0.25, 0.3) is 5.91 Å². The Balaban J connectivity index is 1.13. The number of anilines is 1. The van der Waals surface area contributed by atoms with E-state index >= 15 is 0 Å². The average molecular weight is 626 g/mol. The molecular weight excluding hydrogens is 590 g/mol. The van der Waals surface area contributed by atoms with Crippen LogP contribution in [0.25, 0.3) is 0 Å². The lowest BCUT2D eigenvalue weighted by molar-refractivity contribution is -0.140. The Kier molecular flexibility index (Phi) is 7.60. The second-order valence-corrected chi connectivity index (χ2v) is 13.0. The molecule has 2 bridgehead atoms. The zero-order valence-electron chi connectivity index (χ0n) is 24.8. The number of amides is 2. The summed E-state index contributed by atoms with van der Waals surface area (Å²) in [6.07, 6.45) is 4.52. The zero-order valence-corrected chi connectivity index (χ0v) is 24.8. The number of nitrogens with one attached hydrogen (secondary N) is 2. The highest BCUT2D eigenvalue weighted by Crippen LogP contribution is 2.55. The Hall–Kier alpha value is -3.89. The first kappa shape index (κ1) is 29.8. The first-order valence-electron chi connectivity index (χ1n) is 15.7. The molecule has 7 nitrogen and oxygen atoms in total. The number of benzene rings is 2. The third kappa shape index (κ3) is 5.70. The van der Waals surface area contributed by atoms with Gasteiger partial charge in [-0.15, -0.1) is 0 Å². The fraction of sp³-hybridized carbons (Fsp3) is 0.500. The van der Waals surface area contributed by atoms with E-state index in [-0.39, 0.29) is 53.8 Å². The summed E-state index contributed by atoms with van der Waals surface area (Å²) in [5.41, 5.74) is 1.72.